The Hall–Kier alpha value is -0.390. The Morgan fingerprint density at radius 1 is 1.35 bits per heavy atom. The van der Waals surface area contributed by atoms with Gasteiger partial charge in [0.15, 0.2) is 0 Å². The molecule has 5 heteroatoms. The van der Waals surface area contributed by atoms with Crippen molar-refractivity contribution in [3.05, 3.63) is 16.4 Å². The van der Waals surface area contributed by atoms with Gasteiger partial charge in [-0.3, -0.25) is 4.68 Å². The molecule has 2 rings (SSSR count). The Morgan fingerprint density at radius 2 is 1.94 bits per heavy atom. The predicted molar refractivity (Wildman–Crippen MR) is 68.5 cm³/mol. The average Bonchev–Trinajstić information content (AvgIpc) is 2.52. The summed E-state index contributed by atoms with van der Waals surface area (Å²) in [5.41, 5.74) is -0.346. The Bertz CT molecular complexity index is 364. The molecule has 1 unspecified atom stereocenters. The number of aryl methyl sites for hydroxylation is 1. The quantitative estimate of drug-likeness (QED) is 0.824. The highest BCUT2D eigenvalue weighted by molar-refractivity contribution is 9.10. The van der Waals surface area contributed by atoms with Gasteiger partial charge in [0.2, 0.25) is 0 Å². The standard InChI is InChI=1S/C12H19BrN2O2/c1-15-10(9(13)8-14-15)11(16)12(17)6-4-2-3-5-7-12/h8,11,16-17H,2-7H2,1H3. The lowest BCUT2D eigenvalue weighted by Gasteiger charge is -2.32. The molecular weight excluding hydrogens is 284 g/mol. The van der Waals surface area contributed by atoms with Gasteiger partial charge in [-0.05, 0) is 28.8 Å². The molecule has 0 amide bonds. The van der Waals surface area contributed by atoms with E-state index >= 15 is 0 Å². The van der Waals surface area contributed by atoms with Crippen LogP contribution >= 0.6 is 15.9 Å². The molecule has 17 heavy (non-hydrogen) atoms. The molecule has 1 aromatic heterocycles. The minimum absolute atomic E-state index is 0.659. The molecule has 4 nitrogen and oxygen atoms in total. The lowest BCUT2D eigenvalue weighted by atomic mass is 9.86. The van der Waals surface area contributed by atoms with Gasteiger partial charge >= 0.3 is 0 Å². The molecular formula is C12H19BrN2O2. The zero-order valence-electron chi connectivity index (χ0n) is 10.1. The van der Waals surface area contributed by atoms with E-state index in [1.54, 1.807) is 17.9 Å². The molecule has 1 heterocycles. The van der Waals surface area contributed by atoms with Gasteiger partial charge in [-0.2, -0.15) is 5.10 Å². The van der Waals surface area contributed by atoms with Crippen LogP contribution in [0.25, 0.3) is 0 Å². The number of rotatable bonds is 2. The van der Waals surface area contributed by atoms with E-state index in [9.17, 15) is 10.2 Å². The number of nitrogens with zero attached hydrogens (tertiary/aromatic N) is 2. The molecule has 96 valence electrons. The largest absolute Gasteiger partial charge is 0.387 e. The van der Waals surface area contributed by atoms with E-state index in [2.05, 4.69) is 21.0 Å². The molecule has 0 aliphatic heterocycles. The van der Waals surface area contributed by atoms with E-state index in [1.807, 2.05) is 0 Å². The Morgan fingerprint density at radius 3 is 2.41 bits per heavy atom. The summed E-state index contributed by atoms with van der Waals surface area (Å²) in [7, 11) is 1.78. The van der Waals surface area contributed by atoms with E-state index in [1.165, 1.54) is 0 Å². The summed E-state index contributed by atoms with van der Waals surface area (Å²) >= 11 is 3.37. The summed E-state index contributed by atoms with van der Waals surface area (Å²) in [5, 5.41) is 25.2. The van der Waals surface area contributed by atoms with Gasteiger partial charge in [-0.25, -0.2) is 0 Å². The van der Waals surface area contributed by atoms with Crippen LogP contribution in [0.1, 0.15) is 50.3 Å². The van der Waals surface area contributed by atoms with Gasteiger partial charge in [0.25, 0.3) is 0 Å². The van der Waals surface area contributed by atoms with E-state index in [0.717, 1.165) is 30.2 Å². The number of aliphatic hydroxyl groups is 2. The first-order valence-electron chi connectivity index (χ1n) is 6.12. The Kier molecular flexibility index (Phi) is 3.90. The summed E-state index contributed by atoms with van der Waals surface area (Å²) in [6, 6.07) is 0. The maximum Gasteiger partial charge on any atom is 0.125 e. The fourth-order valence-electron chi connectivity index (χ4n) is 2.60. The highest BCUT2D eigenvalue weighted by atomic mass is 79.9. The highest BCUT2D eigenvalue weighted by Crippen LogP contribution is 2.39. The second-order valence-corrected chi connectivity index (χ2v) is 5.78. The molecule has 1 saturated carbocycles. The zero-order chi connectivity index (χ0) is 12.5. The molecule has 0 saturated heterocycles. The number of halogens is 1. The van der Waals surface area contributed by atoms with Crippen LogP contribution in [0.5, 0.6) is 0 Å². The van der Waals surface area contributed by atoms with Crippen LogP contribution in [-0.4, -0.2) is 25.6 Å². The average molecular weight is 303 g/mol. The molecule has 1 fully saturated rings. The third kappa shape index (κ3) is 2.56. The predicted octanol–water partition coefficient (Wildman–Crippen LogP) is 2.30. The summed E-state index contributed by atoms with van der Waals surface area (Å²) in [4.78, 5) is 0. The molecule has 1 aromatic rings. The van der Waals surface area contributed by atoms with Crippen molar-refractivity contribution < 1.29 is 10.2 Å². The van der Waals surface area contributed by atoms with Crippen LogP contribution < -0.4 is 0 Å². The third-order valence-electron chi connectivity index (χ3n) is 3.67. The van der Waals surface area contributed by atoms with Crippen molar-refractivity contribution in [3.8, 4) is 0 Å². The molecule has 0 spiro atoms. The number of aliphatic hydroxyl groups excluding tert-OH is 1. The second kappa shape index (κ2) is 5.08. The summed E-state index contributed by atoms with van der Waals surface area (Å²) < 4.78 is 2.38. The van der Waals surface area contributed by atoms with E-state index < -0.39 is 11.7 Å². The van der Waals surface area contributed by atoms with Crippen LogP contribution in [0.4, 0.5) is 0 Å². The van der Waals surface area contributed by atoms with Crippen LogP contribution in [0.15, 0.2) is 10.7 Å². The van der Waals surface area contributed by atoms with Crippen molar-refractivity contribution in [2.75, 3.05) is 0 Å². The molecule has 2 N–H and O–H groups in total. The zero-order valence-corrected chi connectivity index (χ0v) is 11.7. The highest BCUT2D eigenvalue weighted by Gasteiger charge is 2.39. The summed E-state index contributed by atoms with van der Waals surface area (Å²) in [6.45, 7) is 0. The van der Waals surface area contributed by atoms with Gasteiger partial charge in [0, 0.05) is 7.05 Å². The number of hydrogen-bond acceptors (Lipinski definition) is 3. The third-order valence-corrected chi connectivity index (χ3v) is 4.29. The Labute approximate surface area is 110 Å². The normalized spacial score (nSPS) is 22.1. The fourth-order valence-corrected chi connectivity index (χ4v) is 3.16. The van der Waals surface area contributed by atoms with Crippen molar-refractivity contribution in [2.24, 2.45) is 7.05 Å². The Balaban J connectivity index is 2.26. The van der Waals surface area contributed by atoms with Crippen molar-refractivity contribution in [1.82, 2.24) is 9.78 Å². The first kappa shape index (κ1) is 13.1. The molecule has 0 radical (unpaired) electrons. The van der Waals surface area contributed by atoms with Crippen LogP contribution in [-0.2, 0) is 7.05 Å². The van der Waals surface area contributed by atoms with Crippen molar-refractivity contribution in [3.63, 3.8) is 0 Å². The minimum Gasteiger partial charge on any atom is -0.387 e. The summed E-state index contributed by atoms with van der Waals surface area (Å²) in [6.07, 6.45) is 6.33. The second-order valence-electron chi connectivity index (χ2n) is 4.92. The van der Waals surface area contributed by atoms with Crippen LogP contribution in [0, 0.1) is 0 Å². The molecule has 0 aromatic carbocycles. The summed E-state index contributed by atoms with van der Waals surface area (Å²) in [5.74, 6) is 0. The maximum absolute atomic E-state index is 10.6. The molecule has 0 bridgehead atoms. The van der Waals surface area contributed by atoms with Crippen molar-refractivity contribution in [2.45, 2.75) is 50.2 Å². The van der Waals surface area contributed by atoms with Gasteiger partial charge in [-0.15, -0.1) is 0 Å². The van der Waals surface area contributed by atoms with Gasteiger partial charge in [0.1, 0.15) is 6.10 Å². The first-order chi connectivity index (χ1) is 8.04. The fraction of sp³-hybridized carbons (Fsp3) is 0.750. The van der Waals surface area contributed by atoms with Crippen LogP contribution in [0.2, 0.25) is 0 Å². The molecule has 1 aliphatic carbocycles. The van der Waals surface area contributed by atoms with Gasteiger partial charge in [0.05, 0.1) is 22.0 Å². The smallest absolute Gasteiger partial charge is 0.125 e. The van der Waals surface area contributed by atoms with E-state index in [4.69, 9.17) is 0 Å². The monoisotopic (exact) mass is 302 g/mol. The van der Waals surface area contributed by atoms with Gasteiger partial charge < -0.3 is 10.2 Å². The van der Waals surface area contributed by atoms with Crippen molar-refractivity contribution >= 4 is 15.9 Å². The van der Waals surface area contributed by atoms with Gasteiger partial charge in [-0.1, -0.05) is 25.7 Å². The molecule has 1 aliphatic rings. The number of hydrogen-bond donors (Lipinski definition) is 2. The first-order valence-corrected chi connectivity index (χ1v) is 6.92. The number of aromatic nitrogens is 2. The minimum atomic E-state index is -1.01. The maximum atomic E-state index is 10.6. The topological polar surface area (TPSA) is 58.3 Å². The lowest BCUT2D eigenvalue weighted by molar-refractivity contribution is -0.0901. The van der Waals surface area contributed by atoms with E-state index in [0.29, 0.717) is 18.5 Å². The molecule has 1 atom stereocenters. The lowest BCUT2D eigenvalue weighted by Crippen LogP contribution is -2.37. The van der Waals surface area contributed by atoms with Crippen LogP contribution in [0.3, 0.4) is 0 Å². The SMILES string of the molecule is Cn1ncc(Br)c1C(O)C1(O)CCCCCC1. The van der Waals surface area contributed by atoms with Crippen molar-refractivity contribution in [1.29, 1.82) is 0 Å². The van der Waals surface area contributed by atoms with E-state index in [-0.39, 0.29) is 0 Å².